The Labute approximate surface area is 178 Å². The standard InChI is InChI=1S/C21H24FN3O6/c1-13(26)23-11-16-10-17(21(29)31-16)15-3-4-19(18(22)9-15)24-5-7-25(8-6-24)20(28)12-30-14(2)27/h3-4,9-10,16H,5-8,11-12H2,1-2H3,(H,23,26)/t16-/m1/s1. The maximum absolute atomic E-state index is 14.8. The summed E-state index contributed by atoms with van der Waals surface area (Å²) in [7, 11) is 0. The molecular weight excluding hydrogens is 409 g/mol. The molecule has 0 spiro atoms. The molecule has 1 aromatic rings. The number of piperazine rings is 1. The van der Waals surface area contributed by atoms with Gasteiger partial charge in [0.25, 0.3) is 5.91 Å². The number of anilines is 1. The number of amides is 2. The van der Waals surface area contributed by atoms with Crippen molar-refractivity contribution in [3.63, 3.8) is 0 Å². The van der Waals surface area contributed by atoms with Crippen LogP contribution in [0.5, 0.6) is 0 Å². The molecule has 1 N–H and O–H groups in total. The topological polar surface area (TPSA) is 105 Å². The zero-order valence-electron chi connectivity index (χ0n) is 17.4. The van der Waals surface area contributed by atoms with Crippen LogP contribution in [0.2, 0.25) is 0 Å². The number of cyclic esters (lactones) is 1. The molecule has 166 valence electrons. The average molecular weight is 433 g/mol. The van der Waals surface area contributed by atoms with Crippen molar-refractivity contribution in [2.75, 3.05) is 44.2 Å². The van der Waals surface area contributed by atoms with Crippen LogP contribution in [-0.2, 0) is 28.7 Å². The fraction of sp³-hybridized carbons (Fsp3) is 0.429. The van der Waals surface area contributed by atoms with E-state index in [1.54, 1.807) is 23.1 Å². The van der Waals surface area contributed by atoms with Crippen molar-refractivity contribution in [1.82, 2.24) is 10.2 Å². The first-order chi connectivity index (χ1) is 14.7. The summed E-state index contributed by atoms with van der Waals surface area (Å²) in [5.41, 5.74) is 1.02. The summed E-state index contributed by atoms with van der Waals surface area (Å²) in [6.45, 7) is 4.07. The molecule has 0 aliphatic carbocycles. The van der Waals surface area contributed by atoms with Crippen LogP contribution in [0.3, 0.4) is 0 Å². The number of hydrogen-bond acceptors (Lipinski definition) is 7. The molecule has 10 heteroatoms. The van der Waals surface area contributed by atoms with Gasteiger partial charge in [-0.25, -0.2) is 9.18 Å². The molecule has 1 atom stereocenters. The first-order valence-corrected chi connectivity index (χ1v) is 9.88. The van der Waals surface area contributed by atoms with Crippen molar-refractivity contribution in [2.45, 2.75) is 20.0 Å². The molecule has 2 heterocycles. The predicted octanol–water partition coefficient (Wildman–Crippen LogP) is 0.482. The first kappa shape index (κ1) is 22.3. The number of rotatable bonds is 6. The normalized spacial score (nSPS) is 18.4. The summed E-state index contributed by atoms with van der Waals surface area (Å²) in [6.07, 6.45) is 0.979. The Morgan fingerprint density at radius 2 is 1.90 bits per heavy atom. The molecule has 9 nitrogen and oxygen atoms in total. The number of nitrogens with zero attached hydrogens (tertiary/aromatic N) is 2. The molecule has 31 heavy (non-hydrogen) atoms. The zero-order chi connectivity index (χ0) is 22.5. The Bertz CT molecular complexity index is 924. The molecule has 0 unspecified atom stereocenters. The van der Waals surface area contributed by atoms with Crippen LogP contribution in [0.1, 0.15) is 19.4 Å². The van der Waals surface area contributed by atoms with Crippen LogP contribution >= 0.6 is 0 Å². The monoisotopic (exact) mass is 433 g/mol. The van der Waals surface area contributed by atoms with Crippen molar-refractivity contribution in [1.29, 1.82) is 0 Å². The second kappa shape index (κ2) is 9.59. The molecule has 1 aromatic carbocycles. The van der Waals surface area contributed by atoms with Crippen molar-refractivity contribution < 1.29 is 33.0 Å². The lowest BCUT2D eigenvalue weighted by atomic mass is 10.0. The smallest absolute Gasteiger partial charge is 0.339 e. The van der Waals surface area contributed by atoms with E-state index in [4.69, 9.17) is 9.47 Å². The van der Waals surface area contributed by atoms with Crippen molar-refractivity contribution in [3.8, 4) is 0 Å². The SMILES string of the molecule is CC(=O)NC[C@H]1C=C(c2ccc(N3CCN(C(=O)COC(C)=O)CC3)c(F)c2)C(=O)O1. The lowest BCUT2D eigenvalue weighted by Gasteiger charge is -2.36. The summed E-state index contributed by atoms with van der Waals surface area (Å²) in [4.78, 5) is 49.4. The molecule has 1 fully saturated rings. The fourth-order valence-corrected chi connectivity index (χ4v) is 3.43. The number of carbonyl (C=O) groups is 4. The molecule has 0 saturated carbocycles. The molecule has 2 aliphatic rings. The van der Waals surface area contributed by atoms with Gasteiger partial charge < -0.3 is 24.6 Å². The zero-order valence-corrected chi connectivity index (χ0v) is 17.4. The van der Waals surface area contributed by atoms with E-state index in [2.05, 4.69) is 5.32 Å². The number of hydrogen-bond donors (Lipinski definition) is 1. The second-order valence-corrected chi connectivity index (χ2v) is 7.28. The van der Waals surface area contributed by atoms with Crippen LogP contribution in [-0.4, -0.2) is 74.1 Å². The van der Waals surface area contributed by atoms with Crippen LogP contribution in [0.15, 0.2) is 24.3 Å². The Morgan fingerprint density at radius 1 is 1.19 bits per heavy atom. The number of benzene rings is 1. The van der Waals surface area contributed by atoms with Gasteiger partial charge in [-0.05, 0) is 23.8 Å². The van der Waals surface area contributed by atoms with Crippen LogP contribution in [0.25, 0.3) is 5.57 Å². The summed E-state index contributed by atoms with van der Waals surface area (Å²) >= 11 is 0. The van der Waals surface area contributed by atoms with Gasteiger partial charge in [-0.3, -0.25) is 14.4 Å². The van der Waals surface area contributed by atoms with Crippen molar-refractivity contribution in [2.24, 2.45) is 0 Å². The minimum absolute atomic E-state index is 0.158. The van der Waals surface area contributed by atoms with Gasteiger partial charge in [-0.2, -0.15) is 0 Å². The third kappa shape index (κ3) is 5.59. The van der Waals surface area contributed by atoms with Crippen LogP contribution < -0.4 is 10.2 Å². The lowest BCUT2D eigenvalue weighted by Crippen LogP contribution is -2.50. The van der Waals surface area contributed by atoms with E-state index in [0.29, 0.717) is 37.4 Å². The molecule has 1 saturated heterocycles. The van der Waals surface area contributed by atoms with E-state index in [-0.39, 0.29) is 30.5 Å². The third-order valence-electron chi connectivity index (χ3n) is 5.01. The molecule has 3 rings (SSSR count). The molecule has 0 aromatic heterocycles. The Morgan fingerprint density at radius 3 is 2.52 bits per heavy atom. The summed E-state index contributed by atoms with van der Waals surface area (Å²) in [5, 5.41) is 2.57. The van der Waals surface area contributed by atoms with Gasteiger partial charge in [0.1, 0.15) is 11.9 Å². The first-order valence-electron chi connectivity index (χ1n) is 9.88. The molecular formula is C21H24FN3O6. The number of ether oxygens (including phenoxy) is 2. The number of nitrogens with one attached hydrogen (secondary N) is 1. The number of esters is 2. The Hall–Kier alpha value is -3.43. The van der Waals surface area contributed by atoms with Gasteiger partial charge in [0.15, 0.2) is 6.61 Å². The van der Waals surface area contributed by atoms with E-state index in [1.165, 1.54) is 19.9 Å². The van der Waals surface area contributed by atoms with E-state index >= 15 is 0 Å². The van der Waals surface area contributed by atoms with E-state index < -0.39 is 23.9 Å². The molecule has 0 radical (unpaired) electrons. The highest BCUT2D eigenvalue weighted by Crippen LogP contribution is 2.29. The van der Waals surface area contributed by atoms with Gasteiger partial charge in [0.2, 0.25) is 5.91 Å². The van der Waals surface area contributed by atoms with E-state index in [9.17, 15) is 23.6 Å². The minimum atomic E-state index is -0.591. The van der Waals surface area contributed by atoms with Crippen molar-refractivity contribution in [3.05, 3.63) is 35.7 Å². The van der Waals surface area contributed by atoms with Gasteiger partial charge in [-0.1, -0.05) is 6.07 Å². The van der Waals surface area contributed by atoms with Crippen LogP contribution in [0, 0.1) is 5.82 Å². The van der Waals surface area contributed by atoms with Gasteiger partial charge >= 0.3 is 11.9 Å². The third-order valence-corrected chi connectivity index (χ3v) is 5.01. The highest BCUT2D eigenvalue weighted by atomic mass is 19.1. The summed E-state index contributed by atoms with van der Waals surface area (Å²) in [6, 6.07) is 4.52. The fourth-order valence-electron chi connectivity index (χ4n) is 3.43. The number of halogens is 1. The van der Waals surface area contributed by atoms with Gasteiger partial charge in [0, 0.05) is 40.0 Å². The highest BCUT2D eigenvalue weighted by molar-refractivity contribution is 6.18. The largest absolute Gasteiger partial charge is 0.456 e. The molecule has 2 amide bonds. The quantitative estimate of drug-likeness (QED) is 0.651. The van der Waals surface area contributed by atoms with Gasteiger partial charge in [0.05, 0.1) is 17.8 Å². The average Bonchev–Trinajstić information content (AvgIpc) is 3.11. The Balaban J connectivity index is 1.62. The summed E-state index contributed by atoms with van der Waals surface area (Å²) in [5.74, 6) is -2.09. The van der Waals surface area contributed by atoms with Crippen LogP contribution in [0.4, 0.5) is 10.1 Å². The number of carbonyl (C=O) groups excluding carboxylic acids is 4. The lowest BCUT2D eigenvalue weighted by molar-refractivity contribution is -0.150. The molecule has 0 bridgehead atoms. The second-order valence-electron chi connectivity index (χ2n) is 7.28. The Kier molecular flexibility index (Phi) is 6.88. The van der Waals surface area contributed by atoms with Crippen molar-refractivity contribution >= 4 is 35.0 Å². The highest BCUT2D eigenvalue weighted by Gasteiger charge is 2.28. The maximum atomic E-state index is 14.8. The van der Waals surface area contributed by atoms with E-state index in [0.717, 1.165) is 0 Å². The maximum Gasteiger partial charge on any atom is 0.339 e. The predicted molar refractivity (Wildman–Crippen MR) is 108 cm³/mol. The van der Waals surface area contributed by atoms with E-state index in [1.807, 2.05) is 4.90 Å². The molecule has 2 aliphatic heterocycles. The van der Waals surface area contributed by atoms with Gasteiger partial charge in [-0.15, -0.1) is 0 Å². The summed E-state index contributed by atoms with van der Waals surface area (Å²) < 4.78 is 24.7. The minimum Gasteiger partial charge on any atom is -0.456 e.